The second-order valence-electron chi connectivity index (χ2n) is 4.39. The largest absolute Gasteiger partial charge is 0.314 e. The molecule has 0 aromatic carbocycles. The summed E-state index contributed by atoms with van der Waals surface area (Å²) in [6.45, 7) is 6.39. The van der Waals surface area contributed by atoms with Crippen LogP contribution in [0.2, 0.25) is 0 Å². The van der Waals surface area contributed by atoms with E-state index in [9.17, 15) is 8.42 Å². The van der Waals surface area contributed by atoms with E-state index in [0.29, 0.717) is 24.8 Å². The minimum Gasteiger partial charge on any atom is -0.314 e. The summed E-state index contributed by atoms with van der Waals surface area (Å²) >= 11 is 0. The van der Waals surface area contributed by atoms with Gasteiger partial charge in [0.25, 0.3) is 0 Å². The molecule has 1 unspecified atom stereocenters. The minimum atomic E-state index is -3.32. The van der Waals surface area contributed by atoms with Gasteiger partial charge in [-0.3, -0.25) is 0 Å². The van der Waals surface area contributed by atoms with Gasteiger partial charge in [-0.05, 0) is 19.9 Å². The molecule has 0 fully saturated rings. The number of aromatic nitrogens is 4. The quantitative estimate of drug-likeness (QED) is 0.555. The summed E-state index contributed by atoms with van der Waals surface area (Å²) in [7, 11) is -3.32. The fourth-order valence-electron chi connectivity index (χ4n) is 1.39. The third-order valence-electron chi connectivity index (χ3n) is 2.25. The smallest absolute Gasteiger partial charge is 0.212 e. The van der Waals surface area contributed by atoms with E-state index < -0.39 is 16.1 Å². The lowest BCUT2D eigenvalue weighted by Crippen LogP contribution is -2.32. The zero-order chi connectivity index (χ0) is 13.6. The summed E-state index contributed by atoms with van der Waals surface area (Å²) in [5.74, 6) is 0.411. The van der Waals surface area contributed by atoms with Crippen LogP contribution in [0.5, 0.6) is 0 Å². The van der Waals surface area contributed by atoms with Crippen LogP contribution in [0.1, 0.15) is 39.1 Å². The third kappa shape index (κ3) is 5.52. The Kier molecular flexibility index (Phi) is 5.63. The van der Waals surface area contributed by atoms with Crippen molar-refractivity contribution in [2.75, 3.05) is 12.3 Å². The number of H-pyrrole nitrogens is 1. The van der Waals surface area contributed by atoms with Crippen molar-refractivity contribution in [2.24, 2.45) is 0 Å². The summed E-state index contributed by atoms with van der Waals surface area (Å²) in [4.78, 5) is 0. The Hall–Kier alpha value is -1.06. The number of hydrogen-bond acceptors (Lipinski definition) is 6. The average Bonchev–Trinajstić information content (AvgIpc) is 2.77. The number of nitrogens with one attached hydrogen (secondary N) is 3. The van der Waals surface area contributed by atoms with Gasteiger partial charge in [-0.15, -0.1) is 10.2 Å². The van der Waals surface area contributed by atoms with E-state index in [1.165, 1.54) is 0 Å². The highest BCUT2D eigenvalue weighted by Gasteiger charge is 2.18. The molecule has 8 nitrogen and oxygen atoms in total. The molecule has 0 saturated carbocycles. The Balaban J connectivity index is 2.35. The van der Waals surface area contributed by atoms with Crippen LogP contribution < -0.4 is 10.0 Å². The molecule has 0 saturated heterocycles. The van der Waals surface area contributed by atoms with E-state index in [4.69, 9.17) is 0 Å². The van der Waals surface area contributed by atoms with Crippen LogP contribution in [0, 0.1) is 0 Å². The van der Waals surface area contributed by atoms with E-state index in [-0.39, 0.29) is 5.75 Å². The van der Waals surface area contributed by atoms with Crippen LogP contribution in [0.15, 0.2) is 0 Å². The molecule has 1 rings (SSSR count). The molecule has 18 heavy (non-hydrogen) atoms. The lowest BCUT2D eigenvalue weighted by molar-refractivity contribution is 0.547. The van der Waals surface area contributed by atoms with Crippen molar-refractivity contribution in [2.45, 2.75) is 39.3 Å². The third-order valence-corrected chi connectivity index (χ3v) is 3.79. The highest BCUT2D eigenvalue weighted by atomic mass is 32.2. The zero-order valence-corrected chi connectivity index (χ0v) is 11.7. The zero-order valence-electron chi connectivity index (χ0n) is 10.8. The monoisotopic (exact) mass is 276 g/mol. The SMILES string of the molecule is CC(C)NCCCS(=O)(=O)NC(C)c1nn[nH]n1. The molecule has 0 aliphatic rings. The molecule has 0 aliphatic heterocycles. The highest BCUT2D eigenvalue weighted by molar-refractivity contribution is 7.89. The Bertz CT molecular complexity index is 430. The van der Waals surface area contributed by atoms with Crippen molar-refractivity contribution in [3.63, 3.8) is 0 Å². The van der Waals surface area contributed by atoms with Crippen LogP contribution in [-0.4, -0.2) is 47.4 Å². The van der Waals surface area contributed by atoms with Crippen molar-refractivity contribution >= 4 is 10.0 Å². The van der Waals surface area contributed by atoms with Gasteiger partial charge < -0.3 is 5.32 Å². The molecule has 1 heterocycles. The number of sulfonamides is 1. The van der Waals surface area contributed by atoms with Gasteiger partial charge in [0.1, 0.15) is 0 Å². The van der Waals surface area contributed by atoms with Crippen LogP contribution in [0.25, 0.3) is 0 Å². The summed E-state index contributed by atoms with van der Waals surface area (Å²) in [5.41, 5.74) is 0. The summed E-state index contributed by atoms with van der Waals surface area (Å²) in [6.07, 6.45) is 0.562. The van der Waals surface area contributed by atoms with Crippen molar-refractivity contribution in [3.8, 4) is 0 Å². The number of aromatic amines is 1. The average molecular weight is 276 g/mol. The van der Waals surface area contributed by atoms with Gasteiger partial charge in [0, 0.05) is 6.04 Å². The molecule has 0 spiro atoms. The Labute approximate surface area is 107 Å². The molecule has 1 atom stereocenters. The van der Waals surface area contributed by atoms with Gasteiger partial charge in [-0.2, -0.15) is 5.21 Å². The molecule has 1 aromatic rings. The predicted octanol–water partition coefficient (Wildman–Crippen LogP) is -0.432. The van der Waals surface area contributed by atoms with Crippen LogP contribution in [-0.2, 0) is 10.0 Å². The predicted molar refractivity (Wildman–Crippen MR) is 67.3 cm³/mol. The van der Waals surface area contributed by atoms with E-state index in [1.807, 2.05) is 13.8 Å². The molecule has 9 heteroatoms. The highest BCUT2D eigenvalue weighted by Crippen LogP contribution is 2.05. The van der Waals surface area contributed by atoms with Crippen LogP contribution >= 0.6 is 0 Å². The number of rotatable bonds is 8. The molecule has 104 valence electrons. The van der Waals surface area contributed by atoms with Gasteiger partial charge in [-0.25, -0.2) is 13.1 Å². The van der Waals surface area contributed by atoms with E-state index in [1.54, 1.807) is 6.92 Å². The Morgan fingerprint density at radius 2 is 2.06 bits per heavy atom. The van der Waals surface area contributed by atoms with E-state index >= 15 is 0 Å². The van der Waals surface area contributed by atoms with Gasteiger partial charge >= 0.3 is 0 Å². The maximum Gasteiger partial charge on any atom is 0.212 e. The molecule has 0 radical (unpaired) electrons. The summed E-state index contributed by atoms with van der Waals surface area (Å²) in [5, 5.41) is 16.3. The lowest BCUT2D eigenvalue weighted by atomic mass is 10.4. The summed E-state index contributed by atoms with van der Waals surface area (Å²) in [6, 6.07) is -0.120. The first kappa shape index (κ1) is 15.0. The van der Waals surface area contributed by atoms with Crippen molar-refractivity contribution < 1.29 is 8.42 Å². The standard InChI is InChI=1S/C9H20N6O2S/c1-7(2)10-5-4-6-18(16,17)13-8(3)9-11-14-15-12-9/h7-8,10,13H,4-6H2,1-3H3,(H,11,12,14,15). The molecule has 0 bridgehead atoms. The van der Waals surface area contributed by atoms with Crippen LogP contribution in [0.3, 0.4) is 0 Å². The van der Waals surface area contributed by atoms with Crippen molar-refractivity contribution in [1.29, 1.82) is 0 Å². The molecule has 3 N–H and O–H groups in total. The normalized spacial score (nSPS) is 14.0. The number of hydrogen-bond donors (Lipinski definition) is 3. The second kappa shape index (κ2) is 6.76. The number of nitrogens with zero attached hydrogens (tertiary/aromatic N) is 3. The molecular formula is C9H20N6O2S. The van der Waals surface area contributed by atoms with Crippen molar-refractivity contribution in [3.05, 3.63) is 5.82 Å². The molecule has 0 aliphatic carbocycles. The number of tetrazole rings is 1. The Morgan fingerprint density at radius 3 is 2.61 bits per heavy atom. The fourth-order valence-corrected chi connectivity index (χ4v) is 2.67. The first-order chi connectivity index (χ1) is 8.41. The van der Waals surface area contributed by atoms with E-state index in [0.717, 1.165) is 0 Å². The van der Waals surface area contributed by atoms with Crippen molar-refractivity contribution in [1.82, 2.24) is 30.7 Å². The maximum absolute atomic E-state index is 11.8. The molecule has 1 aromatic heterocycles. The molecular weight excluding hydrogens is 256 g/mol. The topological polar surface area (TPSA) is 113 Å². The van der Waals surface area contributed by atoms with Gasteiger partial charge in [0.2, 0.25) is 10.0 Å². The Morgan fingerprint density at radius 1 is 1.33 bits per heavy atom. The first-order valence-electron chi connectivity index (χ1n) is 5.87. The van der Waals surface area contributed by atoms with Gasteiger partial charge in [0.15, 0.2) is 5.82 Å². The lowest BCUT2D eigenvalue weighted by Gasteiger charge is -2.11. The van der Waals surface area contributed by atoms with Crippen LogP contribution in [0.4, 0.5) is 0 Å². The maximum atomic E-state index is 11.8. The minimum absolute atomic E-state index is 0.0783. The second-order valence-corrected chi connectivity index (χ2v) is 6.26. The van der Waals surface area contributed by atoms with E-state index in [2.05, 4.69) is 30.7 Å². The van der Waals surface area contributed by atoms with Gasteiger partial charge in [0.05, 0.1) is 11.8 Å². The first-order valence-corrected chi connectivity index (χ1v) is 7.52. The fraction of sp³-hybridized carbons (Fsp3) is 0.889. The van der Waals surface area contributed by atoms with Gasteiger partial charge in [-0.1, -0.05) is 19.1 Å². The molecule has 0 amide bonds. The summed E-state index contributed by atoms with van der Waals surface area (Å²) < 4.78 is 26.0.